The minimum absolute atomic E-state index is 1.17. The van der Waals surface area contributed by atoms with Crippen LogP contribution in [-0.4, -0.2) is 9.13 Å². The number of aromatic nitrogens is 2. The molecule has 12 rings (SSSR count). The number of nitrogens with zero attached hydrogens (tertiary/aromatic N) is 2. The average molecular weight is 691 g/mol. The number of hydrogen-bond donors (Lipinski definition) is 0. The Hall–Kier alpha value is -6.55. The number of para-hydroxylation sites is 2. The molecule has 0 amide bonds. The fourth-order valence-electron chi connectivity index (χ4n) is 9.00. The summed E-state index contributed by atoms with van der Waals surface area (Å²) in [6, 6.07) is 67.2. The second-order valence-corrected chi connectivity index (χ2v) is 15.2. The van der Waals surface area contributed by atoms with Gasteiger partial charge in [-0.15, -0.1) is 0 Å². The lowest BCUT2D eigenvalue weighted by Crippen LogP contribution is -1.97. The predicted molar refractivity (Wildman–Crippen MR) is 225 cm³/mol. The maximum atomic E-state index is 2.51. The Bertz CT molecular complexity index is 3310. The molecule has 2 aromatic heterocycles. The zero-order valence-electron chi connectivity index (χ0n) is 28.6. The second-order valence-electron chi connectivity index (χ2n) is 14.1. The molecule has 2 nitrogen and oxygen atoms in total. The lowest BCUT2D eigenvalue weighted by molar-refractivity contribution is 1.18. The molecule has 1 aliphatic heterocycles. The van der Waals surface area contributed by atoms with E-state index in [4.69, 9.17) is 0 Å². The molecule has 0 spiro atoms. The number of fused-ring (bicyclic) bond motifs is 10. The Morgan fingerprint density at radius 3 is 1.96 bits per heavy atom. The van der Waals surface area contributed by atoms with E-state index in [9.17, 15) is 0 Å². The summed E-state index contributed by atoms with van der Waals surface area (Å²) in [5.41, 5.74) is 12.3. The van der Waals surface area contributed by atoms with Crippen molar-refractivity contribution in [2.24, 2.45) is 0 Å². The quantitative estimate of drug-likeness (QED) is 0.179. The zero-order valence-corrected chi connectivity index (χ0v) is 29.4. The molecule has 0 saturated heterocycles. The molecule has 0 saturated carbocycles. The highest BCUT2D eigenvalue weighted by Gasteiger charge is 2.25. The van der Waals surface area contributed by atoms with E-state index in [-0.39, 0.29) is 0 Å². The maximum Gasteiger partial charge on any atom is 0.0554 e. The van der Waals surface area contributed by atoms with E-state index in [0.29, 0.717) is 0 Å². The van der Waals surface area contributed by atoms with Crippen molar-refractivity contribution in [1.29, 1.82) is 0 Å². The molecule has 0 unspecified atom stereocenters. The molecule has 53 heavy (non-hydrogen) atoms. The highest BCUT2D eigenvalue weighted by molar-refractivity contribution is 7.99. The van der Waals surface area contributed by atoms with Crippen LogP contribution in [0, 0.1) is 0 Å². The minimum Gasteiger partial charge on any atom is -0.309 e. The predicted octanol–water partition coefficient (Wildman–Crippen LogP) is 14.0. The second kappa shape index (κ2) is 11.0. The molecule has 246 valence electrons. The van der Waals surface area contributed by atoms with Crippen LogP contribution in [0.15, 0.2) is 192 Å². The van der Waals surface area contributed by atoms with Gasteiger partial charge < -0.3 is 9.13 Å². The van der Waals surface area contributed by atoms with Gasteiger partial charge in [0.1, 0.15) is 0 Å². The molecule has 9 aromatic carbocycles. The topological polar surface area (TPSA) is 9.86 Å². The van der Waals surface area contributed by atoms with Gasteiger partial charge in [0.2, 0.25) is 0 Å². The largest absolute Gasteiger partial charge is 0.309 e. The van der Waals surface area contributed by atoms with Gasteiger partial charge in [0.25, 0.3) is 0 Å². The summed E-state index contributed by atoms with van der Waals surface area (Å²) in [5, 5.41) is 10.2. The Morgan fingerprint density at radius 1 is 0.340 bits per heavy atom. The Morgan fingerprint density at radius 2 is 1.02 bits per heavy atom. The van der Waals surface area contributed by atoms with E-state index in [2.05, 4.69) is 191 Å². The van der Waals surface area contributed by atoms with Crippen molar-refractivity contribution in [3.05, 3.63) is 182 Å². The molecular formula is C50H30N2S. The van der Waals surface area contributed by atoms with Crippen LogP contribution in [0.4, 0.5) is 0 Å². The van der Waals surface area contributed by atoms with E-state index >= 15 is 0 Å². The van der Waals surface area contributed by atoms with Gasteiger partial charge in [-0.2, -0.15) is 0 Å². The molecular weight excluding hydrogens is 661 g/mol. The first-order chi connectivity index (χ1) is 26.3. The summed E-state index contributed by atoms with van der Waals surface area (Å²) < 4.78 is 4.92. The van der Waals surface area contributed by atoms with Gasteiger partial charge >= 0.3 is 0 Å². The van der Waals surface area contributed by atoms with Crippen LogP contribution in [-0.2, 0) is 0 Å². The van der Waals surface area contributed by atoms with Crippen molar-refractivity contribution in [2.75, 3.05) is 0 Å². The summed E-state index contributed by atoms with van der Waals surface area (Å²) in [4.78, 5) is 2.63. The third-order valence-corrected chi connectivity index (χ3v) is 12.4. The maximum absolute atomic E-state index is 2.51. The van der Waals surface area contributed by atoms with Crippen LogP contribution in [0.25, 0.3) is 98.8 Å². The number of hydrogen-bond acceptors (Lipinski definition) is 1. The molecule has 0 atom stereocenters. The average Bonchev–Trinajstić information content (AvgIpc) is 3.73. The van der Waals surface area contributed by atoms with E-state index < -0.39 is 0 Å². The molecule has 3 heterocycles. The summed E-state index contributed by atoms with van der Waals surface area (Å²) in [6.07, 6.45) is 0. The lowest BCUT2D eigenvalue weighted by Gasteiger charge is -2.21. The van der Waals surface area contributed by atoms with Crippen molar-refractivity contribution in [3.8, 4) is 33.6 Å². The molecule has 0 aliphatic carbocycles. The van der Waals surface area contributed by atoms with Gasteiger partial charge in [-0.1, -0.05) is 133 Å². The van der Waals surface area contributed by atoms with Gasteiger partial charge in [0.05, 0.1) is 27.8 Å². The standard InChI is InChI=1S/C50H30N2S/c1-2-14-34(15-3-1)51-43-20-8-6-17-36(43)37-26-24-33(29-45(37)51)32-25-27-44-41(28-32)49-39-19-11-23-48-50(39)40(38-18-7-9-22-47(38)53-48)30-46(49)52(44)42-21-10-13-31-12-4-5-16-35(31)42/h1-30H. The molecule has 3 heteroatoms. The van der Waals surface area contributed by atoms with Gasteiger partial charge in [-0.05, 0) is 93.7 Å². The van der Waals surface area contributed by atoms with Crippen molar-refractivity contribution in [1.82, 2.24) is 9.13 Å². The first-order valence-corrected chi connectivity index (χ1v) is 19.0. The van der Waals surface area contributed by atoms with Crippen LogP contribution in [0.1, 0.15) is 0 Å². The Kier molecular flexibility index (Phi) is 6.02. The van der Waals surface area contributed by atoms with Gasteiger partial charge in [0.15, 0.2) is 0 Å². The van der Waals surface area contributed by atoms with Crippen LogP contribution >= 0.6 is 11.8 Å². The molecule has 0 bridgehead atoms. The summed E-state index contributed by atoms with van der Waals surface area (Å²) in [7, 11) is 0. The third-order valence-electron chi connectivity index (χ3n) is 11.3. The highest BCUT2D eigenvalue weighted by Crippen LogP contribution is 2.51. The van der Waals surface area contributed by atoms with Crippen molar-refractivity contribution in [2.45, 2.75) is 9.79 Å². The van der Waals surface area contributed by atoms with E-state index in [1.807, 2.05) is 11.8 Å². The lowest BCUT2D eigenvalue weighted by atomic mass is 9.93. The normalized spacial score (nSPS) is 12.5. The van der Waals surface area contributed by atoms with Crippen LogP contribution in [0.3, 0.4) is 0 Å². The first kappa shape index (κ1) is 29.1. The fourth-order valence-corrected chi connectivity index (χ4v) is 10.1. The smallest absolute Gasteiger partial charge is 0.0554 e. The SMILES string of the molecule is c1ccc(-n2c3ccccc3c3ccc(-c4ccc5c(c4)c4c6cccc7c6c(cc4n5-c4cccc5ccccc45)-c4ccccc4S7)cc32)cc1. The van der Waals surface area contributed by atoms with E-state index in [0.717, 1.165) is 0 Å². The fraction of sp³-hybridized carbons (Fsp3) is 0. The zero-order chi connectivity index (χ0) is 34.6. The summed E-state index contributed by atoms with van der Waals surface area (Å²) >= 11 is 1.89. The minimum atomic E-state index is 1.17. The van der Waals surface area contributed by atoms with Gasteiger partial charge in [0, 0.05) is 47.8 Å². The van der Waals surface area contributed by atoms with Crippen LogP contribution < -0.4 is 0 Å². The Balaban J connectivity index is 1.19. The molecule has 1 aliphatic rings. The van der Waals surface area contributed by atoms with Gasteiger partial charge in [-0.3, -0.25) is 0 Å². The van der Waals surface area contributed by atoms with Gasteiger partial charge in [-0.25, -0.2) is 0 Å². The highest BCUT2D eigenvalue weighted by atomic mass is 32.2. The number of benzene rings is 9. The monoisotopic (exact) mass is 690 g/mol. The summed E-state index contributed by atoms with van der Waals surface area (Å²) in [5.74, 6) is 0. The number of rotatable bonds is 3. The summed E-state index contributed by atoms with van der Waals surface area (Å²) in [6.45, 7) is 0. The van der Waals surface area contributed by atoms with Crippen molar-refractivity contribution < 1.29 is 0 Å². The van der Waals surface area contributed by atoms with Crippen LogP contribution in [0.5, 0.6) is 0 Å². The molecule has 11 aromatic rings. The van der Waals surface area contributed by atoms with E-state index in [1.165, 1.54) is 109 Å². The van der Waals surface area contributed by atoms with Crippen LogP contribution in [0.2, 0.25) is 0 Å². The molecule has 0 radical (unpaired) electrons. The van der Waals surface area contributed by atoms with Crippen molar-refractivity contribution >= 4 is 76.9 Å². The Labute approximate surface area is 310 Å². The van der Waals surface area contributed by atoms with E-state index in [1.54, 1.807) is 0 Å². The van der Waals surface area contributed by atoms with Crippen molar-refractivity contribution in [3.63, 3.8) is 0 Å². The third kappa shape index (κ3) is 4.11. The first-order valence-electron chi connectivity index (χ1n) is 18.2. The molecule has 0 N–H and O–H groups in total. The molecule has 0 fully saturated rings.